The van der Waals surface area contributed by atoms with Crippen LogP contribution in [-0.4, -0.2) is 25.2 Å². The third-order valence-corrected chi connectivity index (χ3v) is 3.33. The summed E-state index contributed by atoms with van der Waals surface area (Å²) in [5, 5.41) is 6.66. The lowest BCUT2D eigenvalue weighted by Gasteiger charge is -2.17. The van der Waals surface area contributed by atoms with Crippen molar-refractivity contribution in [1.82, 2.24) is 19.3 Å². The van der Waals surface area contributed by atoms with Gasteiger partial charge >= 0.3 is 0 Å². The lowest BCUT2D eigenvalue weighted by Crippen LogP contribution is -2.25. The molecule has 1 aliphatic heterocycles. The van der Waals surface area contributed by atoms with E-state index in [-0.39, 0.29) is 11.5 Å². The standard InChI is InChI=1S/C12H8N4O2/c17-11-8-4-9-12(18)15-3-1-2-7(15)6-16(9)10(8)5-13-14-11/h1-5H,6H2,(H,14,17). The molecule has 0 radical (unpaired) electrons. The molecule has 0 aromatic carbocycles. The zero-order chi connectivity index (χ0) is 12.3. The van der Waals surface area contributed by atoms with Gasteiger partial charge in [-0.25, -0.2) is 5.10 Å². The fourth-order valence-electron chi connectivity index (χ4n) is 2.47. The Morgan fingerprint density at radius 1 is 1.33 bits per heavy atom. The van der Waals surface area contributed by atoms with Crippen LogP contribution in [0.1, 0.15) is 16.2 Å². The van der Waals surface area contributed by atoms with Crippen molar-refractivity contribution >= 4 is 16.8 Å². The number of hydrogen-bond donors (Lipinski definition) is 1. The number of carbonyl (C=O) groups excluding carboxylic acids is 1. The first-order valence-corrected chi connectivity index (χ1v) is 5.53. The summed E-state index contributed by atoms with van der Waals surface area (Å²) >= 11 is 0. The maximum Gasteiger partial charge on any atom is 0.278 e. The maximum atomic E-state index is 12.3. The molecule has 4 heterocycles. The van der Waals surface area contributed by atoms with E-state index in [0.717, 1.165) is 5.69 Å². The van der Waals surface area contributed by atoms with Gasteiger partial charge in [-0.2, -0.15) is 5.10 Å². The zero-order valence-corrected chi connectivity index (χ0v) is 9.25. The molecule has 3 aromatic rings. The third kappa shape index (κ3) is 0.994. The molecular formula is C12H8N4O2. The smallest absolute Gasteiger partial charge is 0.278 e. The average molecular weight is 240 g/mol. The molecule has 0 amide bonds. The van der Waals surface area contributed by atoms with Crippen molar-refractivity contribution in [3.63, 3.8) is 0 Å². The molecule has 88 valence electrons. The second-order valence-electron chi connectivity index (χ2n) is 4.29. The van der Waals surface area contributed by atoms with Crippen molar-refractivity contribution in [2.45, 2.75) is 6.54 Å². The average Bonchev–Trinajstić information content (AvgIpc) is 2.95. The Morgan fingerprint density at radius 3 is 3.11 bits per heavy atom. The van der Waals surface area contributed by atoms with Crippen molar-refractivity contribution in [2.75, 3.05) is 0 Å². The van der Waals surface area contributed by atoms with Crippen LogP contribution in [0.25, 0.3) is 10.9 Å². The Labute approximate surface area is 100 Å². The first-order chi connectivity index (χ1) is 8.75. The van der Waals surface area contributed by atoms with Crippen molar-refractivity contribution in [2.24, 2.45) is 0 Å². The van der Waals surface area contributed by atoms with E-state index in [4.69, 9.17) is 0 Å². The lowest BCUT2D eigenvalue weighted by molar-refractivity contribution is 0.0939. The highest BCUT2D eigenvalue weighted by Crippen LogP contribution is 2.23. The van der Waals surface area contributed by atoms with Crippen LogP contribution in [0.3, 0.4) is 0 Å². The Kier molecular flexibility index (Phi) is 1.56. The summed E-state index contributed by atoms with van der Waals surface area (Å²) in [6.07, 6.45) is 3.31. The van der Waals surface area contributed by atoms with Gasteiger partial charge in [-0.05, 0) is 18.2 Å². The van der Waals surface area contributed by atoms with Crippen LogP contribution < -0.4 is 5.56 Å². The summed E-state index contributed by atoms with van der Waals surface area (Å²) in [5.41, 5.74) is 1.85. The van der Waals surface area contributed by atoms with E-state index in [9.17, 15) is 9.59 Å². The molecule has 4 rings (SSSR count). The summed E-state index contributed by atoms with van der Waals surface area (Å²) in [6, 6.07) is 5.36. The van der Waals surface area contributed by atoms with Crippen LogP contribution in [0.2, 0.25) is 0 Å². The minimum atomic E-state index is -0.271. The quantitative estimate of drug-likeness (QED) is 0.488. The number of aromatic amines is 1. The monoisotopic (exact) mass is 240 g/mol. The van der Waals surface area contributed by atoms with E-state index in [1.54, 1.807) is 23.0 Å². The number of nitrogens with zero attached hydrogens (tertiary/aromatic N) is 3. The second kappa shape index (κ2) is 2.98. The van der Waals surface area contributed by atoms with Crippen LogP contribution >= 0.6 is 0 Å². The molecule has 0 aliphatic carbocycles. The Morgan fingerprint density at radius 2 is 2.22 bits per heavy atom. The summed E-state index contributed by atoms with van der Waals surface area (Å²) in [4.78, 5) is 23.9. The third-order valence-electron chi connectivity index (χ3n) is 3.33. The van der Waals surface area contributed by atoms with Gasteiger partial charge in [0.25, 0.3) is 11.5 Å². The molecule has 3 aromatic heterocycles. The fraction of sp³-hybridized carbons (Fsp3) is 0.0833. The molecular weight excluding hydrogens is 232 g/mol. The predicted octanol–water partition coefficient (Wildman–Crippen LogP) is 0.576. The van der Waals surface area contributed by atoms with Gasteiger partial charge in [0.05, 0.1) is 23.6 Å². The van der Waals surface area contributed by atoms with Crippen molar-refractivity contribution < 1.29 is 4.79 Å². The Hall–Kier alpha value is -2.63. The molecule has 1 N–H and O–H groups in total. The molecule has 0 fully saturated rings. The summed E-state index contributed by atoms with van der Waals surface area (Å²) in [5.74, 6) is -0.114. The highest BCUT2D eigenvalue weighted by atomic mass is 16.2. The minimum absolute atomic E-state index is 0.114. The lowest BCUT2D eigenvalue weighted by atomic mass is 10.3. The normalized spacial score (nSPS) is 13.7. The number of aromatic nitrogens is 4. The van der Waals surface area contributed by atoms with Gasteiger partial charge in [-0.1, -0.05) is 0 Å². The van der Waals surface area contributed by atoms with Gasteiger partial charge in [0, 0.05) is 11.9 Å². The molecule has 6 nitrogen and oxygen atoms in total. The molecule has 0 saturated carbocycles. The topological polar surface area (TPSA) is 72.7 Å². The largest absolute Gasteiger partial charge is 0.329 e. The molecule has 18 heavy (non-hydrogen) atoms. The molecule has 0 unspecified atom stereocenters. The van der Waals surface area contributed by atoms with Crippen LogP contribution in [0.15, 0.2) is 35.4 Å². The number of fused-ring (bicyclic) bond motifs is 4. The zero-order valence-electron chi connectivity index (χ0n) is 9.25. The number of H-pyrrole nitrogens is 1. The van der Waals surface area contributed by atoms with Gasteiger partial charge in [0.1, 0.15) is 5.69 Å². The molecule has 6 heteroatoms. The second-order valence-corrected chi connectivity index (χ2v) is 4.29. The van der Waals surface area contributed by atoms with Crippen molar-refractivity contribution in [1.29, 1.82) is 0 Å². The summed E-state index contributed by atoms with van der Waals surface area (Å²) in [6.45, 7) is 0.572. The molecule has 1 aliphatic rings. The molecule has 0 atom stereocenters. The van der Waals surface area contributed by atoms with Crippen LogP contribution in [-0.2, 0) is 6.54 Å². The van der Waals surface area contributed by atoms with Gasteiger partial charge in [0.2, 0.25) is 0 Å². The van der Waals surface area contributed by atoms with Crippen LogP contribution in [0.4, 0.5) is 0 Å². The summed E-state index contributed by atoms with van der Waals surface area (Å²) in [7, 11) is 0. The van der Waals surface area contributed by atoms with Crippen molar-refractivity contribution in [3.8, 4) is 0 Å². The Bertz CT molecular complexity index is 852. The molecule has 0 saturated heterocycles. The minimum Gasteiger partial charge on any atom is -0.329 e. The van der Waals surface area contributed by atoms with Crippen LogP contribution in [0, 0.1) is 0 Å². The van der Waals surface area contributed by atoms with Gasteiger partial charge in [0.15, 0.2) is 0 Å². The van der Waals surface area contributed by atoms with Gasteiger partial charge < -0.3 is 4.57 Å². The highest BCUT2D eigenvalue weighted by molar-refractivity contribution is 6.01. The summed E-state index contributed by atoms with van der Waals surface area (Å²) < 4.78 is 3.44. The number of rotatable bonds is 0. The van der Waals surface area contributed by atoms with E-state index in [0.29, 0.717) is 23.1 Å². The van der Waals surface area contributed by atoms with E-state index < -0.39 is 0 Å². The molecule has 0 spiro atoms. The van der Waals surface area contributed by atoms with E-state index in [2.05, 4.69) is 10.2 Å². The van der Waals surface area contributed by atoms with E-state index in [1.807, 2.05) is 16.7 Å². The van der Waals surface area contributed by atoms with Gasteiger partial charge in [-0.15, -0.1) is 0 Å². The first-order valence-electron chi connectivity index (χ1n) is 5.53. The SMILES string of the molecule is O=C1c2cc3c(=O)[nH]ncc3n2Cc2cccn21. The van der Waals surface area contributed by atoms with E-state index >= 15 is 0 Å². The molecule has 0 bridgehead atoms. The Balaban J connectivity index is 2.11. The fourth-order valence-corrected chi connectivity index (χ4v) is 2.47. The number of carbonyl (C=O) groups is 1. The first kappa shape index (κ1) is 9.41. The van der Waals surface area contributed by atoms with Gasteiger partial charge in [-0.3, -0.25) is 14.2 Å². The number of nitrogens with one attached hydrogen (secondary N) is 1. The highest BCUT2D eigenvalue weighted by Gasteiger charge is 2.25. The van der Waals surface area contributed by atoms with E-state index in [1.165, 1.54) is 0 Å². The predicted molar refractivity (Wildman–Crippen MR) is 63.6 cm³/mol. The maximum absolute atomic E-state index is 12.3. The van der Waals surface area contributed by atoms with Crippen molar-refractivity contribution in [3.05, 3.63) is 52.3 Å². The van der Waals surface area contributed by atoms with Crippen LogP contribution in [0.5, 0.6) is 0 Å². The number of hydrogen-bond acceptors (Lipinski definition) is 3.